The Kier molecular flexibility index (Phi) is 7.50. The number of nitrogens with zero attached hydrogens (tertiary/aromatic N) is 3. The maximum absolute atomic E-state index is 7.22. The van der Waals surface area contributed by atoms with Crippen molar-refractivity contribution in [3.63, 3.8) is 0 Å². The summed E-state index contributed by atoms with van der Waals surface area (Å²) < 4.78 is 0. The molecule has 8 bridgehead atoms. The van der Waals surface area contributed by atoms with Crippen molar-refractivity contribution in [3.8, 4) is 44.5 Å². The third-order valence-corrected chi connectivity index (χ3v) is 9.92. The van der Waals surface area contributed by atoms with E-state index in [0.717, 1.165) is 78.3 Å². The second-order valence-corrected chi connectivity index (χ2v) is 12.8. The SMILES string of the molecule is Clc1c(Cl)c2[nH]c1c(-c1ccccc1)c1nc(c(-c3ccccc3)c3ccc([nH]3)c(-c3ccccc3)c3nc(c2-c2ccncc2)C=C3)C=C1. The van der Waals surface area contributed by atoms with Gasteiger partial charge in [-0.05, 0) is 70.8 Å². The molecule has 0 unspecified atom stereocenters. The van der Waals surface area contributed by atoms with Gasteiger partial charge in [-0.25, -0.2) is 9.97 Å². The molecule has 0 aliphatic carbocycles. The lowest BCUT2D eigenvalue weighted by atomic mass is 10.0. The van der Waals surface area contributed by atoms with E-state index in [2.05, 4.69) is 75.6 Å². The Morgan fingerprint density at radius 3 is 1.16 bits per heavy atom. The van der Waals surface area contributed by atoms with E-state index in [1.54, 1.807) is 12.4 Å². The molecular weight excluding hydrogens is 657 g/mol. The summed E-state index contributed by atoms with van der Waals surface area (Å²) in [7, 11) is 0. The largest absolute Gasteiger partial charge is 0.354 e. The molecule has 50 heavy (non-hydrogen) atoms. The summed E-state index contributed by atoms with van der Waals surface area (Å²) >= 11 is 14.4. The summed E-state index contributed by atoms with van der Waals surface area (Å²) in [4.78, 5) is 22.3. The van der Waals surface area contributed by atoms with Crippen LogP contribution in [0.2, 0.25) is 10.0 Å². The second-order valence-electron chi connectivity index (χ2n) is 12.1. The van der Waals surface area contributed by atoms with Gasteiger partial charge in [0.25, 0.3) is 0 Å². The van der Waals surface area contributed by atoms with Crippen molar-refractivity contribution in [1.82, 2.24) is 24.9 Å². The molecule has 9 rings (SSSR count). The van der Waals surface area contributed by atoms with Gasteiger partial charge >= 0.3 is 0 Å². The topological polar surface area (TPSA) is 70.2 Å². The predicted molar refractivity (Wildman–Crippen MR) is 208 cm³/mol. The van der Waals surface area contributed by atoms with Crippen molar-refractivity contribution < 1.29 is 0 Å². The number of fused-ring (bicyclic) bond motifs is 8. The molecule has 7 heteroatoms. The molecule has 0 saturated heterocycles. The van der Waals surface area contributed by atoms with Gasteiger partial charge in [-0.2, -0.15) is 0 Å². The van der Waals surface area contributed by atoms with E-state index in [9.17, 15) is 0 Å². The molecule has 0 fully saturated rings. The van der Waals surface area contributed by atoms with Gasteiger partial charge < -0.3 is 9.97 Å². The van der Waals surface area contributed by atoms with Crippen molar-refractivity contribution >= 4 is 69.6 Å². The van der Waals surface area contributed by atoms with E-state index in [0.29, 0.717) is 21.1 Å². The Morgan fingerprint density at radius 1 is 0.380 bits per heavy atom. The Bertz CT molecular complexity index is 2460. The van der Waals surface area contributed by atoms with Crippen LogP contribution in [-0.4, -0.2) is 24.9 Å². The molecule has 0 atom stereocenters. The smallest absolute Gasteiger partial charge is 0.0855 e. The molecule has 238 valence electrons. The monoisotopic (exact) mass is 683 g/mol. The molecule has 2 aliphatic rings. The summed E-state index contributed by atoms with van der Waals surface area (Å²) in [5.41, 5.74) is 13.9. The van der Waals surface area contributed by atoms with Crippen LogP contribution in [0, 0.1) is 0 Å². The summed E-state index contributed by atoms with van der Waals surface area (Å²) in [6.45, 7) is 0. The Morgan fingerprint density at radius 2 is 0.740 bits per heavy atom. The number of rotatable bonds is 4. The van der Waals surface area contributed by atoms with E-state index < -0.39 is 0 Å². The minimum absolute atomic E-state index is 0.403. The molecular formula is C43H27Cl2N5. The third-order valence-electron chi connectivity index (χ3n) is 9.07. The van der Waals surface area contributed by atoms with E-state index in [1.165, 1.54) is 0 Å². The van der Waals surface area contributed by atoms with Gasteiger partial charge in [-0.3, -0.25) is 4.98 Å². The van der Waals surface area contributed by atoms with Crippen molar-refractivity contribution in [2.24, 2.45) is 0 Å². The quantitative estimate of drug-likeness (QED) is 0.194. The highest BCUT2D eigenvalue weighted by Gasteiger charge is 2.22. The predicted octanol–water partition coefficient (Wildman–Crippen LogP) is 12.0. The van der Waals surface area contributed by atoms with Gasteiger partial charge in [0.1, 0.15) is 0 Å². The standard InChI is InChI=1S/C43H27Cl2N5/c44-40-41(45)43-39(29-22-24-46-25-23-29)35-21-19-33(49-35)37(27-12-6-2-7-13-27)31-17-16-30(47-31)36(26-10-4-1-5-11-26)32-18-20-34(48-32)38(42(40)50-43)28-14-8-3-9-15-28/h1-25,47,50H. The Balaban J connectivity index is 1.53. The molecule has 2 N–H and O–H groups in total. The lowest BCUT2D eigenvalue weighted by molar-refractivity contribution is 1.30. The highest BCUT2D eigenvalue weighted by atomic mass is 35.5. The average Bonchev–Trinajstić information content (AvgIpc) is 3.99. The number of halogens is 2. The van der Waals surface area contributed by atoms with Crippen LogP contribution in [0.25, 0.3) is 90.9 Å². The first kappa shape index (κ1) is 30.1. The molecule has 3 aromatic carbocycles. The molecule has 4 aromatic heterocycles. The van der Waals surface area contributed by atoms with Crippen LogP contribution >= 0.6 is 23.2 Å². The third kappa shape index (κ3) is 5.15. The number of aromatic amines is 2. The van der Waals surface area contributed by atoms with E-state index >= 15 is 0 Å². The van der Waals surface area contributed by atoms with Crippen LogP contribution in [0.15, 0.2) is 128 Å². The van der Waals surface area contributed by atoms with Crippen molar-refractivity contribution in [1.29, 1.82) is 0 Å². The van der Waals surface area contributed by atoms with Crippen LogP contribution in [0.1, 0.15) is 22.8 Å². The highest BCUT2D eigenvalue weighted by Crippen LogP contribution is 2.43. The van der Waals surface area contributed by atoms with Gasteiger partial charge in [0.05, 0.1) is 43.9 Å². The summed E-state index contributed by atoms with van der Waals surface area (Å²) in [6.07, 6.45) is 11.8. The zero-order valence-corrected chi connectivity index (χ0v) is 28.0. The number of benzene rings is 3. The number of pyridine rings is 1. The minimum Gasteiger partial charge on any atom is -0.354 e. The van der Waals surface area contributed by atoms with Crippen molar-refractivity contribution in [2.75, 3.05) is 0 Å². The van der Waals surface area contributed by atoms with E-state index in [4.69, 9.17) is 33.2 Å². The molecule has 5 nitrogen and oxygen atoms in total. The zero-order chi connectivity index (χ0) is 33.6. The molecule has 6 heterocycles. The normalized spacial score (nSPS) is 12.0. The van der Waals surface area contributed by atoms with Gasteiger partial charge in [-0.1, -0.05) is 114 Å². The van der Waals surface area contributed by atoms with Crippen LogP contribution in [-0.2, 0) is 0 Å². The first-order chi connectivity index (χ1) is 24.6. The fourth-order valence-electron chi connectivity index (χ4n) is 6.82. The van der Waals surface area contributed by atoms with Crippen LogP contribution in [0.5, 0.6) is 0 Å². The minimum atomic E-state index is 0.403. The first-order valence-electron chi connectivity index (χ1n) is 16.2. The van der Waals surface area contributed by atoms with Gasteiger partial charge in [0.15, 0.2) is 0 Å². The molecule has 0 saturated carbocycles. The summed E-state index contributed by atoms with van der Waals surface area (Å²) in [6, 6.07) is 39.0. The lowest BCUT2D eigenvalue weighted by Crippen LogP contribution is -1.89. The Labute approximate surface area is 298 Å². The fourth-order valence-corrected chi connectivity index (χ4v) is 7.30. The maximum Gasteiger partial charge on any atom is 0.0855 e. The second kappa shape index (κ2) is 12.5. The van der Waals surface area contributed by atoms with Crippen molar-refractivity contribution in [3.05, 3.63) is 160 Å². The Hall–Kier alpha value is -6.01. The van der Waals surface area contributed by atoms with Gasteiger partial charge in [-0.15, -0.1) is 0 Å². The number of H-pyrrole nitrogens is 2. The number of hydrogen-bond donors (Lipinski definition) is 2. The summed E-state index contributed by atoms with van der Waals surface area (Å²) in [5, 5.41) is 0.810. The number of hydrogen-bond acceptors (Lipinski definition) is 3. The molecule has 2 aliphatic heterocycles. The first-order valence-corrected chi connectivity index (χ1v) is 17.0. The van der Waals surface area contributed by atoms with Crippen molar-refractivity contribution in [2.45, 2.75) is 0 Å². The molecule has 7 aromatic rings. The number of nitrogens with one attached hydrogen (secondary N) is 2. The van der Waals surface area contributed by atoms with Gasteiger partial charge in [0, 0.05) is 45.7 Å². The molecule has 0 spiro atoms. The zero-order valence-electron chi connectivity index (χ0n) is 26.5. The fraction of sp³-hybridized carbons (Fsp3) is 0. The maximum atomic E-state index is 7.22. The average molecular weight is 685 g/mol. The van der Waals surface area contributed by atoms with Crippen LogP contribution in [0.4, 0.5) is 0 Å². The van der Waals surface area contributed by atoms with Crippen LogP contribution < -0.4 is 0 Å². The number of aromatic nitrogens is 5. The summed E-state index contributed by atoms with van der Waals surface area (Å²) in [5.74, 6) is 0. The lowest BCUT2D eigenvalue weighted by Gasteiger charge is -2.07. The van der Waals surface area contributed by atoms with E-state index in [-0.39, 0.29) is 0 Å². The van der Waals surface area contributed by atoms with Gasteiger partial charge in [0.2, 0.25) is 0 Å². The van der Waals surface area contributed by atoms with Crippen LogP contribution in [0.3, 0.4) is 0 Å². The highest BCUT2D eigenvalue weighted by molar-refractivity contribution is 6.47. The van der Waals surface area contributed by atoms with E-state index in [1.807, 2.05) is 78.9 Å². The molecule has 0 radical (unpaired) electrons. The molecule has 0 amide bonds.